The van der Waals surface area contributed by atoms with Crippen molar-refractivity contribution in [2.75, 3.05) is 11.5 Å². The number of ether oxygens (including phenoxy) is 1. The molecule has 0 saturated carbocycles. The molecule has 4 aromatic rings. The number of thiazole rings is 1. The van der Waals surface area contributed by atoms with Crippen LogP contribution in [0.3, 0.4) is 0 Å². The fraction of sp³-hybridized carbons (Fsp3) is 0.115. The highest BCUT2D eigenvalue weighted by Gasteiger charge is 2.48. The van der Waals surface area contributed by atoms with Crippen molar-refractivity contribution in [3.63, 3.8) is 0 Å². The second kappa shape index (κ2) is 9.45. The first kappa shape index (κ1) is 23.5. The van der Waals surface area contributed by atoms with E-state index in [1.807, 2.05) is 49.4 Å². The lowest BCUT2D eigenvalue weighted by atomic mass is 9.95. The molecule has 0 bridgehead atoms. The van der Waals surface area contributed by atoms with Crippen LogP contribution in [0.15, 0.2) is 76.8 Å². The lowest BCUT2D eigenvalue weighted by Gasteiger charge is -2.23. The van der Waals surface area contributed by atoms with Crippen molar-refractivity contribution in [3.05, 3.63) is 92.9 Å². The van der Waals surface area contributed by atoms with Crippen LogP contribution in [0.1, 0.15) is 24.1 Å². The third-order valence-corrected chi connectivity index (χ3v) is 7.41. The van der Waals surface area contributed by atoms with Crippen LogP contribution in [0.5, 0.6) is 5.75 Å². The number of nitrogens with zero attached hydrogens (tertiary/aromatic N) is 2. The van der Waals surface area contributed by atoms with Gasteiger partial charge in [-0.05, 0) is 67.1 Å². The molecule has 176 valence electrons. The van der Waals surface area contributed by atoms with Gasteiger partial charge in [0, 0.05) is 15.1 Å². The Bertz CT molecular complexity index is 1480. The fourth-order valence-corrected chi connectivity index (χ4v) is 5.42. The van der Waals surface area contributed by atoms with Crippen LogP contribution < -0.4 is 9.64 Å². The zero-order valence-corrected chi connectivity index (χ0v) is 21.5. The summed E-state index contributed by atoms with van der Waals surface area (Å²) in [5.41, 5.74) is 1.73. The van der Waals surface area contributed by atoms with Gasteiger partial charge in [0.15, 0.2) is 5.13 Å². The summed E-state index contributed by atoms with van der Waals surface area (Å²) in [6.45, 7) is 2.43. The van der Waals surface area contributed by atoms with Crippen LogP contribution in [0.4, 0.5) is 5.13 Å². The number of aromatic nitrogens is 1. The average Bonchev–Trinajstić information content (AvgIpc) is 3.38. The van der Waals surface area contributed by atoms with Crippen molar-refractivity contribution < 1.29 is 19.4 Å². The number of halogens is 2. The SMILES string of the molecule is CCOc1ccc2nc(N3C(=O)C(=O)/C(=C(/O)c4ccc(Cl)cc4)C3c3ccc(Br)cc3)sc2c1. The Morgan fingerprint density at radius 3 is 2.51 bits per heavy atom. The summed E-state index contributed by atoms with van der Waals surface area (Å²) in [4.78, 5) is 32.6. The molecule has 1 atom stereocenters. The van der Waals surface area contributed by atoms with Crippen molar-refractivity contribution in [2.24, 2.45) is 0 Å². The Morgan fingerprint density at radius 2 is 1.83 bits per heavy atom. The maximum atomic E-state index is 13.3. The van der Waals surface area contributed by atoms with Gasteiger partial charge in [-0.25, -0.2) is 4.98 Å². The Balaban J connectivity index is 1.69. The standard InChI is InChI=1S/C26H18BrClN2O4S/c1-2-34-18-11-12-19-20(13-18)35-26(29-19)30-22(14-3-7-16(27)8-4-14)21(24(32)25(30)33)23(31)15-5-9-17(28)10-6-15/h3-13,22,31H,2H2,1H3/b23-21+. The van der Waals surface area contributed by atoms with Crippen LogP contribution in [-0.4, -0.2) is 28.4 Å². The number of ketones is 1. The third kappa shape index (κ3) is 4.33. The first-order valence-corrected chi connectivity index (χ1v) is 12.7. The van der Waals surface area contributed by atoms with Crippen LogP contribution >= 0.6 is 38.9 Å². The Morgan fingerprint density at radius 1 is 1.11 bits per heavy atom. The van der Waals surface area contributed by atoms with Gasteiger partial charge in [0.2, 0.25) is 0 Å². The van der Waals surface area contributed by atoms with E-state index in [4.69, 9.17) is 16.3 Å². The lowest BCUT2D eigenvalue weighted by molar-refractivity contribution is -0.132. The van der Waals surface area contributed by atoms with Crippen molar-refractivity contribution >= 4 is 71.7 Å². The maximum Gasteiger partial charge on any atom is 0.301 e. The fourth-order valence-electron chi connectivity index (χ4n) is 4.01. The molecule has 0 radical (unpaired) electrons. The molecule has 1 unspecified atom stereocenters. The normalized spacial score (nSPS) is 17.3. The number of anilines is 1. The third-order valence-electron chi connectivity index (χ3n) is 5.61. The molecule has 1 N–H and O–H groups in total. The van der Waals surface area contributed by atoms with E-state index >= 15 is 0 Å². The second-order valence-electron chi connectivity index (χ2n) is 7.79. The molecular formula is C26H18BrClN2O4S. The molecule has 0 aliphatic carbocycles. The van der Waals surface area contributed by atoms with E-state index in [9.17, 15) is 14.7 Å². The first-order chi connectivity index (χ1) is 16.9. The summed E-state index contributed by atoms with van der Waals surface area (Å²) >= 11 is 10.7. The van der Waals surface area contributed by atoms with Gasteiger partial charge in [-0.1, -0.05) is 51.0 Å². The number of hydrogen-bond donors (Lipinski definition) is 1. The number of rotatable bonds is 5. The predicted octanol–water partition coefficient (Wildman–Crippen LogP) is 6.74. The zero-order valence-electron chi connectivity index (χ0n) is 18.4. The van der Waals surface area contributed by atoms with E-state index in [0.29, 0.717) is 39.2 Å². The number of aliphatic hydroxyl groups is 1. The van der Waals surface area contributed by atoms with E-state index in [1.165, 1.54) is 16.2 Å². The van der Waals surface area contributed by atoms with E-state index in [1.54, 1.807) is 24.3 Å². The van der Waals surface area contributed by atoms with Crippen LogP contribution in [0, 0.1) is 0 Å². The van der Waals surface area contributed by atoms with Gasteiger partial charge in [-0.3, -0.25) is 14.5 Å². The molecule has 1 aliphatic rings. The highest BCUT2D eigenvalue weighted by Crippen LogP contribution is 2.44. The summed E-state index contributed by atoms with van der Waals surface area (Å²) in [5.74, 6) is -1.10. The molecule has 3 aromatic carbocycles. The van der Waals surface area contributed by atoms with Gasteiger partial charge in [0.1, 0.15) is 11.5 Å². The molecule has 1 amide bonds. The number of amides is 1. The van der Waals surface area contributed by atoms with Crippen LogP contribution in [0.2, 0.25) is 5.02 Å². The van der Waals surface area contributed by atoms with Crippen LogP contribution in [-0.2, 0) is 9.59 Å². The number of Topliss-reactive ketones (excluding diaryl/α,β-unsaturated/α-hetero) is 1. The molecule has 1 aromatic heterocycles. The molecular weight excluding hydrogens is 552 g/mol. The summed E-state index contributed by atoms with van der Waals surface area (Å²) < 4.78 is 7.25. The van der Waals surface area contributed by atoms with Crippen LogP contribution in [0.25, 0.3) is 16.0 Å². The topological polar surface area (TPSA) is 79.7 Å². The number of carbonyl (C=O) groups is 2. The average molecular weight is 570 g/mol. The number of carbonyl (C=O) groups excluding carboxylic acids is 2. The minimum atomic E-state index is -0.856. The number of benzene rings is 3. The highest BCUT2D eigenvalue weighted by atomic mass is 79.9. The number of aliphatic hydroxyl groups excluding tert-OH is 1. The molecule has 1 saturated heterocycles. The van der Waals surface area contributed by atoms with E-state index in [-0.39, 0.29) is 11.3 Å². The van der Waals surface area contributed by atoms with Gasteiger partial charge < -0.3 is 9.84 Å². The Labute approximate surface area is 218 Å². The van der Waals surface area contributed by atoms with Crippen molar-refractivity contribution in [1.29, 1.82) is 0 Å². The van der Waals surface area contributed by atoms with Gasteiger partial charge in [-0.15, -0.1) is 0 Å². The Kier molecular flexibility index (Phi) is 6.35. The predicted molar refractivity (Wildman–Crippen MR) is 141 cm³/mol. The molecule has 1 fully saturated rings. The summed E-state index contributed by atoms with van der Waals surface area (Å²) in [5, 5.41) is 12.0. The largest absolute Gasteiger partial charge is 0.507 e. The minimum absolute atomic E-state index is 0.00564. The molecule has 1 aliphatic heterocycles. The molecule has 9 heteroatoms. The lowest BCUT2D eigenvalue weighted by Crippen LogP contribution is -2.29. The van der Waals surface area contributed by atoms with Gasteiger partial charge in [-0.2, -0.15) is 0 Å². The minimum Gasteiger partial charge on any atom is -0.507 e. The van der Waals surface area contributed by atoms with E-state index in [0.717, 1.165) is 9.17 Å². The highest BCUT2D eigenvalue weighted by molar-refractivity contribution is 9.10. The summed E-state index contributed by atoms with van der Waals surface area (Å²) in [7, 11) is 0. The number of fused-ring (bicyclic) bond motifs is 1. The van der Waals surface area contributed by atoms with Gasteiger partial charge >= 0.3 is 5.91 Å². The van der Waals surface area contributed by atoms with Gasteiger partial charge in [0.25, 0.3) is 5.78 Å². The van der Waals surface area contributed by atoms with Crippen molar-refractivity contribution in [2.45, 2.75) is 13.0 Å². The molecule has 0 spiro atoms. The molecule has 35 heavy (non-hydrogen) atoms. The molecule has 5 rings (SSSR count). The second-order valence-corrected chi connectivity index (χ2v) is 10.1. The van der Waals surface area contributed by atoms with E-state index < -0.39 is 17.7 Å². The monoisotopic (exact) mass is 568 g/mol. The zero-order chi connectivity index (χ0) is 24.7. The number of hydrogen-bond acceptors (Lipinski definition) is 6. The van der Waals surface area contributed by atoms with E-state index in [2.05, 4.69) is 20.9 Å². The maximum absolute atomic E-state index is 13.3. The van der Waals surface area contributed by atoms with Gasteiger partial charge in [0.05, 0.1) is 28.4 Å². The molecule has 6 nitrogen and oxygen atoms in total. The summed E-state index contributed by atoms with van der Waals surface area (Å²) in [6, 6.07) is 18.4. The first-order valence-electron chi connectivity index (χ1n) is 10.7. The quantitative estimate of drug-likeness (QED) is 0.164. The summed E-state index contributed by atoms with van der Waals surface area (Å²) in [6.07, 6.45) is 0. The van der Waals surface area contributed by atoms with Crippen molar-refractivity contribution in [3.8, 4) is 5.75 Å². The molecule has 2 heterocycles. The smallest absolute Gasteiger partial charge is 0.301 e. The Hall–Kier alpha value is -3.20. The van der Waals surface area contributed by atoms with Crippen molar-refractivity contribution in [1.82, 2.24) is 4.98 Å².